The summed E-state index contributed by atoms with van der Waals surface area (Å²) in [6.45, 7) is 6.66. The van der Waals surface area contributed by atoms with E-state index in [4.69, 9.17) is 9.47 Å². The van der Waals surface area contributed by atoms with Crippen molar-refractivity contribution in [3.8, 4) is 0 Å². The lowest BCUT2D eigenvalue weighted by molar-refractivity contribution is -0.310. The first-order chi connectivity index (χ1) is 12.4. The molecule has 7 unspecified atom stereocenters. The fourth-order valence-electron chi connectivity index (χ4n) is 3.95. The molecule has 27 heavy (non-hydrogen) atoms. The van der Waals surface area contributed by atoms with E-state index in [1.807, 2.05) is 13.8 Å². The average Bonchev–Trinajstić information content (AvgIpc) is 2.58. The lowest BCUT2D eigenvalue weighted by atomic mass is 9.63. The number of rotatable bonds is 6. The molecule has 1 aliphatic heterocycles. The van der Waals surface area contributed by atoms with Crippen molar-refractivity contribution in [1.82, 2.24) is 0 Å². The van der Waals surface area contributed by atoms with Gasteiger partial charge in [0.05, 0.1) is 18.3 Å². The number of ketones is 1. The lowest BCUT2D eigenvalue weighted by Gasteiger charge is -2.46. The van der Waals surface area contributed by atoms with Crippen molar-refractivity contribution < 1.29 is 39.8 Å². The van der Waals surface area contributed by atoms with Crippen LogP contribution in [0.4, 0.5) is 0 Å². The Labute approximate surface area is 159 Å². The minimum atomic E-state index is -1.49. The predicted molar refractivity (Wildman–Crippen MR) is 95.7 cm³/mol. The number of hydrogen-bond acceptors (Lipinski definition) is 8. The Bertz CT molecular complexity index is 572. The zero-order chi connectivity index (χ0) is 20.6. The minimum absolute atomic E-state index is 0.00667. The molecule has 1 heterocycles. The van der Waals surface area contributed by atoms with E-state index in [0.717, 1.165) is 0 Å². The molecule has 0 amide bonds. The molecular formula is C19H32O8. The molecule has 8 heteroatoms. The zero-order valence-corrected chi connectivity index (χ0v) is 16.3. The molecule has 156 valence electrons. The highest BCUT2D eigenvalue weighted by molar-refractivity contribution is 5.92. The number of aliphatic hydroxyl groups excluding tert-OH is 4. The van der Waals surface area contributed by atoms with Gasteiger partial charge in [-0.15, -0.1) is 0 Å². The van der Waals surface area contributed by atoms with Crippen LogP contribution in [0.3, 0.4) is 0 Å². The average molecular weight is 388 g/mol. The van der Waals surface area contributed by atoms with Crippen LogP contribution in [0.15, 0.2) is 11.6 Å². The van der Waals surface area contributed by atoms with E-state index in [2.05, 4.69) is 0 Å². The van der Waals surface area contributed by atoms with Crippen molar-refractivity contribution in [2.45, 2.75) is 89.4 Å². The van der Waals surface area contributed by atoms with Crippen molar-refractivity contribution >= 4 is 5.78 Å². The molecule has 1 aliphatic carbocycles. The number of allylic oxidation sites excluding steroid dienone is 1. The molecule has 2 rings (SSSR count). The second kappa shape index (κ2) is 8.24. The highest BCUT2D eigenvalue weighted by Gasteiger charge is 2.49. The Morgan fingerprint density at radius 1 is 1.26 bits per heavy atom. The molecule has 0 aromatic carbocycles. The molecule has 0 spiro atoms. The quantitative estimate of drug-likeness (QED) is 0.416. The van der Waals surface area contributed by atoms with Crippen LogP contribution < -0.4 is 0 Å². The maximum atomic E-state index is 11.8. The van der Waals surface area contributed by atoms with Gasteiger partial charge in [0.25, 0.3) is 0 Å². The van der Waals surface area contributed by atoms with Crippen molar-refractivity contribution in [3.05, 3.63) is 11.6 Å². The summed E-state index contributed by atoms with van der Waals surface area (Å²) in [4.78, 5) is 11.8. The Hall–Kier alpha value is -0.870. The van der Waals surface area contributed by atoms with Gasteiger partial charge < -0.3 is 35.0 Å². The van der Waals surface area contributed by atoms with E-state index < -0.39 is 54.4 Å². The van der Waals surface area contributed by atoms with Gasteiger partial charge in [-0.05, 0) is 38.3 Å². The van der Waals surface area contributed by atoms with Gasteiger partial charge >= 0.3 is 0 Å². The van der Waals surface area contributed by atoms with Gasteiger partial charge in [-0.1, -0.05) is 13.8 Å². The molecule has 1 saturated heterocycles. The first-order valence-electron chi connectivity index (χ1n) is 9.33. The molecule has 8 nitrogen and oxygen atoms in total. The Morgan fingerprint density at radius 3 is 2.44 bits per heavy atom. The molecule has 5 N–H and O–H groups in total. The van der Waals surface area contributed by atoms with E-state index in [0.29, 0.717) is 18.4 Å². The third-order valence-corrected chi connectivity index (χ3v) is 5.89. The summed E-state index contributed by atoms with van der Waals surface area (Å²) < 4.78 is 11.0. The van der Waals surface area contributed by atoms with Crippen LogP contribution in [0, 0.1) is 5.41 Å². The molecule has 0 aromatic heterocycles. The van der Waals surface area contributed by atoms with Gasteiger partial charge in [-0.25, -0.2) is 0 Å². The summed E-state index contributed by atoms with van der Waals surface area (Å²) in [6, 6.07) is 0. The first kappa shape index (κ1) is 22.4. The van der Waals surface area contributed by atoms with Gasteiger partial charge in [-0.3, -0.25) is 4.79 Å². The number of hydrogen-bond donors (Lipinski definition) is 5. The van der Waals surface area contributed by atoms with Crippen molar-refractivity contribution in [1.29, 1.82) is 0 Å². The molecule has 0 radical (unpaired) electrons. The predicted octanol–water partition coefficient (Wildman–Crippen LogP) is -0.352. The van der Waals surface area contributed by atoms with Gasteiger partial charge in [0, 0.05) is 11.8 Å². The van der Waals surface area contributed by atoms with Crippen LogP contribution in [0.2, 0.25) is 0 Å². The van der Waals surface area contributed by atoms with Crippen LogP contribution in [0.1, 0.15) is 47.0 Å². The third kappa shape index (κ3) is 4.42. The maximum Gasteiger partial charge on any atom is 0.186 e. The van der Waals surface area contributed by atoms with E-state index in [1.165, 1.54) is 6.08 Å². The van der Waals surface area contributed by atoms with Crippen LogP contribution in [-0.4, -0.2) is 80.3 Å². The third-order valence-electron chi connectivity index (χ3n) is 5.89. The molecular weight excluding hydrogens is 356 g/mol. The van der Waals surface area contributed by atoms with Crippen LogP contribution in [0.5, 0.6) is 0 Å². The second-order valence-electron chi connectivity index (χ2n) is 8.40. The van der Waals surface area contributed by atoms with Gasteiger partial charge in [-0.2, -0.15) is 0 Å². The van der Waals surface area contributed by atoms with E-state index in [-0.39, 0.29) is 12.2 Å². The largest absolute Gasteiger partial charge is 0.394 e. The topological polar surface area (TPSA) is 137 Å². The Morgan fingerprint density at radius 2 is 1.89 bits per heavy atom. The zero-order valence-electron chi connectivity index (χ0n) is 16.3. The van der Waals surface area contributed by atoms with Crippen LogP contribution in [-0.2, 0) is 14.3 Å². The van der Waals surface area contributed by atoms with Gasteiger partial charge in [0.15, 0.2) is 12.1 Å². The van der Waals surface area contributed by atoms with Crippen LogP contribution >= 0.6 is 0 Å². The summed E-state index contributed by atoms with van der Waals surface area (Å²) in [5.41, 5.74) is -1.16. The number of aliphatic hydroxyl groups is 5. The lowest BCUT2D eigenvalue weighted by Crippen LogP contribution is -2.59. The van der Waals surface area contributed by atoms with Gasteiger partial charge in [0.1, 0.15) is 24.4 Å². The van der Waals surface area contributed by atoms with Crippen molar-refractivity contribution in [2.75, 3.05) is 6.61 Å². The molecule has 7 atom stereocenters. The summed E-state index contributed by atoms with van der Waals surface area (Å²) in [5.74, 6) is -0.00667. The molecule has 1 fully saturated rings. The Kier molecular flexibility index (Phi) is 6.85. The first-order valence-corrected chi connectivity index (χ1v) is 9.33. The monoisotopic (exact) mass is 388 g/mol. The summed E-state index contributed by atoms with van der Waals surface area (Å²) in [5, 5.41) is 50.1. The standard InChI is InChI=1S/C19H32O8/c1-10-7-12(21)8-18(3,4)19(10,25)6-5-11(2)26-17-16(24)15(23)14(22)13(9-20)27-17/h7,11,13-17,20,22-25H,5-6,8-9H2,1-4H3. The number of ether oxygens (including phenoxy) is 2. The van der Waals surface area contributed by atoms with Crippen molar-refractivity contribution in [3.63, 3.8) is 0 Å². The highest BCUT2D eigenvalue weighted by Crippen LogP contribution is 2.46. The number of carbonyl (C=O) groups excluding carboxylic acids is 1. The summed E-state index contributed by atoms with van der Waals surface area (Å²) >= 11 is 0. The van der Waals surface area contributed by atoms with E-state index in [9.17, 15) is 30.3 Å². The minimum Gasteiger partial charge on any atom is -0.394 e. The summed E-state index contributed by atoms with van der Waals surface area (Å²) in [7, 11) is 0. The SMILES string of the molecule is CC1=CC(=O)CC(C)(C)C1(O)CCC(C)OC1OC(CO)C(O)C(O)C1O. The van der Waals surface area contributed by atoms with E-state index in [1.54, 1.807) is 13.8 Å². The normalized spacial score (nSPS) is 40.6. The molecule has 0 saturated carbocycles. The molecule has 0 bridgehead atoms. The fraction of sp³-hybridized carbons (Fsp3) is 0.842. The fourth-order valence-corrected chi connectivity index (χ4v) is 3.95. The molecule has 0 aromatic rings. The summed E-state index contributed by atoms with van der Waals surface area (Å²) in [6.07, 6.45) is -4.59. The van der Waals surface area contributed by atoms with E-state index >= 15 is 0 Å². The van der Waals surface area contributed by atoms with Gasteiger partial charge in [0.2, 0.25) is 0 Å². The van der Waals surface area contributed by atoms with Crippen LogP contribution in [0.25, 0.3) is 0 Å². The smallest absolute Gasteiger partial charge is 0.186 e. The maximum absolute atomic E-state index is 11.8. The highest BCUT2D eigenvalue weighted by atomic mass is 16.7. The molecule has 2 aliphatic rings. The number of carbonyl (C=O) groups is 1. The second-order valence-corrected chi connectivity index (χ2v) is 8.40. The van der Waals surface area contributed by atoms with Crippen molar-refractivity contribution in [2.24, 2.45) is 5.41 Å². The Balaban J connectivity index is 2.00.